The highest BCUT2D eigenvalue weighted by Gasteiger charge is 2.39. The fourth-order valence-electron chi connectivity index (χ4n) is 3.66. The van der Waals surface area contributed by atoms with Crippen molar-refractivity contribution in [2.24, 2.45) is 0 Å². The lowest BCUT2D eigenvalue weighted by Gasteiger charge is -2.36. The standard InChI is InChI=1S/C22H27N3O3S/c1-4-13-24-29(27,28)20-11-9-17(10-12-20)21(26)23-16-22(25(2)3)14-18-7-5-6-8-19(18)15-22/h4-12,24H,1,13-16H2,2-3H3,(H,23,26). The number of benzene rings is 2. The average molecular weight is 414 g/mol. The summed E-state index contributed by atoms with van der Waals surface area (Å²) in [5, 5.41) is 3.03. The van der Waals surface area contributed by atoms with Gasteiger partial charge in [-0.25, -0.2) is 13.1 Å². The summed E-state index contributed by atoms with van der Waals surface area (Å²) in [6.45, 7) is 4.16. The Labute approximate surface area is 172 Å². The van der Waals surface area contributed by atoms with Crippen molar-refractivity contribution in [3.63, 3.8) is 0 Å². The van der Waals surface area contributed by atoms with Crippen LogP contribution in [0, 0.1) is 0 Å². The van der Waals surface area contributed by atoms with Crippen LogP contribution in [-0.4, -0.2) is 51.9 Å². The molecule has 0 aliphatic heterocycles. The van der Waals surface area contributed by atoms with Gasteiger partial charge in [-0.3, -0.25) is 4.79 Å². The zero-order chi connectivity index (χ0) is 21.1. The molecule has 0 unspecified atom stereocenters. The number of fused-ring (bicyclic) bond motifs is 1. The molecule has 1 aliphatic rings. The number of nitrogens with zero attached hydrogens (tertiary/aromatic N) is 1. The maximum Gasteiger partial charge on any atom is 0.251 e. The van der Waals surface area contributed by atoms with Gasteiger partial charge < -0.3 is 10.2 Å². The van der Waals surface area contributed by atoms with Crippen LogP contribution in [0.5, 0.6) is 0 Å². The predicted octanol–water partition coefficient (Wildman–Crippen LogP) is 1.98. The van der Waals surface area contributed by atoms with Crippen LogP contribution in [0.3, 0.4) is 0 Å². The minimum atomic E-state index is -3.60. The quantitative estimate of drug-likeness (QED) is 0.649. The molecule has 2 N–H and O–H groups in total. The molecule has 0 saturated carbocycles. The van der Waals surface area contributed by atoms with Gasteiger partial charge in [-0.2, -0.15) is 0 Å². The van der Waals surface area contributed by atoms with Crippen LogP contribution in [0.1, 0.15) is 21.5 Å². The van der Waals surface area contributed by atoms with Crippen LogP contribution in [0.25, 0.3) is 0 Å². The molecule has 0 fully saturated rings. The first-order valence-corrected chi connectivity index (χ1v) is 11.0. The molecule has 0 aromatic heterocycles. The summed E-state index contributed by atoms with van der Waals surface area (Å²) < 4.78 is 26.7. The zero-order valence-electron chi connectivity index (χ0n) is 16.8. The number of rotatable bonds is 8. The van der Waals surface area contributed by atoms with E-state index in [4.69, 9.17) is 0 Å². The summed E-state index contributed by atoms with van der Waals surface area (Å²) >= 11 is 0. The lowest BCUT2D eigenvalue weighted by molar-refractivity contribution is 0.0902. The fourth-order valence-corrected chi connectivity index (χ4v) is 4.66. The lowest BCUT2D eigenvalue weighted by Crippen LogP contribution is -2.53. The second-order valence-corrected chi connectivity index (χ2v) is 9.36. The number of amides is 1. The van der Waals surface area contributed by atoms with Crippen LogP contribution < -0.4 is 10.0 Å². The van der Waals surface area contributed by atoms with Gasteiger partial charge in [-0.1, -0.05) is 30.3 Å². The first-order valence-electron chi connectivity index (χ1n) is 9.50. The van der Waals surface area contributed by atoms with Gasteiger partial charge >= 0.3 is 0 Å². The Morgan fingerprint density at radius 2 is 1.69 bits per heavy atom. The number of likely N-dealkylation sites (N-methyl/N-ethyl adjacent to an activating group) is 1. The molecule has 0 radical (unpaired) electrons. The van der Waals surface area contributed by atoms with E-state index in [-0.39, 0.29) is 22.9 Å². The number of hydrogen-bond acceptors (Lipinski definition) is 4. The summed E-state index contributed by atoms with van der Waals surface area (Å²) in [7, 11) is 0.470. The minimum Gasteiger partial charge on any atom is -0.350 e. The molecule has 154 valence electrons. The molecule has 2 aromatic carbocycles. The molecule has 6 nitrogen and oxygen atoms in total. The van der Waals surface area contributed by atoms with Crippen molar-refractivity contribution in [2.75, 3.05) is 27.2 Å². The summed E-state index contributed by atoms with van der Waals surface area (Å²) in [6.07, 6.45) is 3.23. The fraction of sp³-hybridized carbons (Fsp3) is 0.318. The van der Waals surface area contributed by atoms with Crippen molar-refractivity contribution in [3.8, 4) is 0 Å². The van der Waals surface area contributed by atoms with Gasteiger partial charge in [0.25, 0.3) is 5.91 Å². The molecule has 1 amide bonds. The average Bonchev–Trinajstić information content (AvgIpc) is 3.11. The van der Waals surface area contributed by atoms with E-state index in [1.165, 1.54) is 41.5 Å². The smallest absolute Gasteiger partial charge is 0.251 e. The third-order valence-corrected chi connectivity index (χ3v) is 6.97. The van der Waals surface area contributed by atoms with E-state index in [1.54, 1.807) is 0 Å². The maximum absolute atomic E-state index is 12.7. The van der Waals surface area contributed by atoms with E-state index in [0.29, 0.717) is 12.1 Å². The van der Waals surface area contributed by atoms with Crippen LogP contribution >= 0.6 is 0 Å². The lowest BCUT2D eigenvalue weighted by atomic mass is 9.94. The summed E-state index contributed by atoms with van der Waals surface area (Å²) in [5.41, 5.74) is 2.89. The van der Waals surface area contributed by atoms with Crippen LogP contribution in [0.4, 0.5) is 0 Å². The maximum atomic E-state index is 12.7. The molecule has 29 heavy (non-hydrogen) atoms. The van der Waals surface area contributed by atoms with Crippen molar-refractivity contribution >= 4 is 15.9 Å². The van der Waals surface area contributed by atoms with E-state index >= 15 is 0 Å². The Hall–Kier alpha value is -2.48. The molecule has 0 heterocycles. The van der Waals surface area contributed by atoms with Crippen molar-refractivity contribution in [3.05, 3.63) is 77.9 Å². The largest absolute Gasteiger partial charge is 0.350 e. The highest BCUT2D eigenvalue weighted by Crippen LogP contribution is 2.33. The van der Waals surface area contributed by atoms with Crippen LogP contribution in [0.2, 0.25) is 0 Å². The molecule has 3 rings (SSSR count). The number of sulfonamides is 1. The van der Waals surface area contributed by atoms with Gasteiger partial charge in [0.1, 0.15) is 0 Å². The minimum absolute atomic E-state index is 0.118. The van der Waals surface area contributed by atoms with Crippen LogP contribution in [0.15, 0.2) is 66.1 Å². The second-order valence-electron chi connectivity index (χ2n) is 7.59. The highest BCUT2D eigenvalue weighted by atomic mass is 32.2. The number of nitrogens with one attached hydrogen (secondary N) is 2. The molecular formula is C22H27N3O3S. The summed E-state index contributed by atoms with van der Waals surface area (Å²) in [6, 6.07) is 14.3. The second kappa shape index (κ2) is 8.49. The third kappa shape index (κ3) is 4.58. The number of carbonyl (C=O) groups is 1. The predicted molar refractivity (Wildman–Crippen MR) is 114 cm³/mol. The molecule has 1 aliphatic carbocycles. The Kier molecular flexibility index (Phi) is 6.21. The Morgan fingerprint density at radius 3 is 2.21 bits per heavy atom. The van der Waals surface area contributed by atoms with E-state index in [2.05, 4.69) is 33.7 Å². The van der Waals surface area contributed by atoms with E-state index in [0.717, 1.165) is 12.8 Å². The van der Waals surface area contributed by atoms with Crippen molar-refractivity contribution in [2.45, 2.75) is 23.3 Å². The van der Waals surface area contributed by atoms with Gasteiger partial charge in [0.2, 0.25) is 10.0 Å². The summed E-state index contributed by atoms with van der Waals surface area (Å²) in [4.78, 5) is 15.0. The molecule has 0 spiro atoms. The van der Waals surface area contributed by atoms with E-state index in [1.807, 2.05) is 26.2 Å². The molecule has 0 atom stereocenters. The van der Waals surface area contributed by atoms with E-state index in [9.17, 15) is 13.2 Å². The molecule has 2 aromatic rings. The normalized spacial score (nSPS) is 15.1. The topological polar surface area (TPSA) is 78.5 Å². The molecular weight excluding hydrogens is 386 g/mol. The zero-order valence-corrected chi connectivity index (χ0v) is 17.6. The van der Waals surface area contributed by atoms with Crippen LogP contribution in [-0.2, 0) is 22.9 Å². The highest BCUT2D eigenvalue weighted by molar-refractivity contribution is 7.89. The third-order valence-electron chi connectivity index (χ3n) is 5.53. The first-order chi connectivity index (χ1) is 13.8. The summed E-state index contributed by atoms with van der Waals surface area (Å²) in [5.74, 6) is -0.217. The molecule has 0 bridgehead atoms. The molecule has 0 saturated heterocycles. The monoisotopic (exact) mass is 413 g/mol. The van der Waals surface area contributed by atoms with Gasteiger partial charge in [0.15, 0.2) is 0 Å². The van der Waals surface area contributed by atoms with Crippen molar-refractivity contribution < 1.29 is 13.2 Å². The number of carbonyl (C=O) groups excluding carboxylic acids is 1. The van der Waals surface area contributed by atoms with Gasteiger partial charge in [0, 0.05) is 24.2 Å². The van der Waals surface area contributed by atoms with Gasteiger partial charge in [-0.15, -0.1) is 6.58 Å². The van der Waals surface area contributed by atoms with Crippen molar-refractivity contribution in [1.29, 1.82) is 0 Å². The first kappa shape index (κ1) is 21.2. The van der Waals surface area contributed by atoms with Gasteiger partial charge in [-0.05, 0) is 62.3 Å². The SMILES string of the molecule is C=CCNS(=O)(=O)c1ccc(C(=O)NCC2(N(C)C)Cc3ccccc3C2)cc1. The van der Waals surface area contributed by atoms with E-state index < -0.39 is 10.0 Å². The Balaban J connectivity index is 1.68. The number of hydrogen-bond donors (Lipinski definition) is 2. The Bertz CT molecular complexity index is 973. The Morgan fingerprint density at radius 1 is 1.10 bits per heavy atom. The van der Waals surface area contributed by atoms with Crippen molar-refractivity contribution in [1.82, 2.24) is 14.9 Å². The molecule has 7 heteroatoms. The van der Waals surface area contributed by atoms with Gasteiger partial charge in [0.05, 0.1) is 4.90 Å².